The maximum Gasteiger partial charge on any atom is 0.172 e. The van der Waals surface area contributed by atoms with Gasteiger partial charge in [0.05, 0.1) is 0 Å². The van der Waals surface area contributed by atoms with Gasteiger partial charge in [-0.3, -0.25) is 0 Å². The molecule has 1 aliphatic rings. The Labute approximate surface area is 120 Å². The molecule has 3 aromatic rings. The molecule has 4 rings (SSSR count). The minimum absolute atomic E-state index is 0.0801. The molecule has 98 valence electrons. The van der Waals surface area contributed by atoms with Crippen LogP contribution in [0.1, 0.15) is 11.3 Å². The predicted molar refractivity (Wildman–Crippen MR) is 72.4 cm³/mol. The van der Waals surface area contributed by atoms with Crippen LogP contribution in [0.2, 0.25) is 5.02 Å². The zero-order chi connectivity index (χ0) is 13.7. The molecule has 0 saturated carbocycles. The highest BCUT2D eigenvalue weighted by molar-refractivity contribution is 6.30. The topological polar surface area (TPSA) is 44.8 Å². The average Bonchev–Trinajstić information content (AvgIpc) is 2.98. The first-order valence-corrected chi connectivity index (χ1v) is 6.67. The van der Waals surface area contributed by atoms with Crippen LogP contribution < -0.4 is 9.79 Å². The van der Waals surface area contributed by atoms with E-state index in [1.807, 2.05) is 24.3 Å². The molecule has 1 aliphatic heterocycles. The van der Waals surface area contributed by atoms with Crippen LogP contribution in [-0.4, -0.2) is 9.90 Å². The molecule has 0 saturated heterocycles. The standard InChI is InChI=1S/C15H10ClN3O/c16-11-5-7-12(8-6-11)18-15(20)14-9-10-3-1-2-4-13(10)19(14)17-18/h1-8H,9H2. The van der Waals surface area contributed by atoms with Gasteiger partial charge >= 0.3 is 0 Å². The van der Waals surface area contributed by atoms with Crippen molar-refractivity contribution in [3.05, 3.63) is 64.8 Å². The first-order valence-electron chi connectivity index (χ1n) is 6.29. The minimum Gasteiger partial charge on any atom is -0.838 e. The Morgan fingerprint density at radius 2 is 1.85 bits per heavy atom. The van der Waals surface area contributed by atoms with Crippen LogP contribution in [0, 0.1) is 0 Å². The summed E-state index contributed by atoms with van der Waals surface area (Å²) in [6.45, 7) is 0. The van der Waals surface area contributed by atoms with E-state index in [2.05, 4.69) is 5.21 Å². The number of halogens is 1. The second-order valence-corrected chi connectivity index (χ2v) is 5.18. The van der Waals surface area contributed by atoms with Gasteiger partial charge in [0.15, 0.2) is 17.1 Å². The monoisotopic (exact) mass is 283 g/mol. The molecule has 2 heterocycles. The van der Waals surface area contributed by atoms with E-state index >= 15 is 0 Å². The van der Waals surface area contributed by atoms with Gasteiger partial charge in [0.2, 0.25) is 0 Å². The van der Waals surface area contributed by atoms with Crippen LogP contribution in [0.25, 0.3) is 11.4 Å². The number of nitrogens with zero attached hydrogens (tertiary/aromatic N) is 3. The molecule has 0 fully saturated rings. The van der Waals surface area contributed by atoms with E-state index in [0.29, 0.717) is 17.1 Å². The smallest absolute Gasteiger partial charge is 0.172 e. The summed E-state index contributed by atoms with van der Waals surface area (Å²) in [5, 5.41) is 17.5. The van der Waals surface area contributed by atoms with E-state index in [0.717, 1.165) is 16.9 Å². The second-order valence-electron chi connectivity index (χ2n) is 4.75. The Balaban J connectivity index is 1.89. The number of aromatic nitrogens is 3. The second kappa shape index (κ2) is 4.08. The van der Waals surface area contributed by atoms with E-state index in [4.69, 9.17) is 11.6 Å². The van der Waals surface area contributed by atoms with Crippen LogP contribution in [-0.2, 0) is 6.42 Å². The van der Waals surface area contributed by atoms with Crippen molar-refractivity contribution in [1.29, 1.82) is 0 Å². The lowest BCUT2D eigenvalue weighted by Gasteiger charge is -2.02. The van der Waals surface area contributed by atoms with Gasteiger partial charge < -0.3 is 5.11 Å². The lowest BCUT2D eigenvalue weighted by molar-refractivity contribution is -0.663. The van der Waals surface area contributed by atoms with Crippen molar-refractivity contribution in [2.45, 2.75) is 6.42 Å². The largest absolute Gasteiger partial charge is 0.838 e. The zero-order valence-corrected chi connectivity index (χ0v) is 11.2. The molecule has 4 nitrogen and oxygen atoms in total. The number of benzene rings is 2. The third-order valence-corrected chi connectivity index (χ3v) is 3.77. The fourth-order valence-electron chi connectivity index (χ4n) is 2.54. The molecule has 0 N–H and O–H groups in total. The van der Waals surface area contributed by atoms with Crippen LogP contribution >= 0.6 is 11.6 Å². The number of hydrogen-bond donors (Lipinski definition) is 0. The Kier molecular flexibility index (Phi) is 2.35. The molecule has 20 heavy (non-hydrogen) atoms. The molecule has 0 atom stereocenters. The summed E-state index contributed by atoms with van der Waals surface area (Å²) in [4.78, 5) is 0. The molecule has 0 unspecified atom stereocenters. The predicted octanol–water partition coefficient (Wildman–Crippen LogP) is 1.78. The van der Waals surface area contributed by atoms with Crippen LogP contribution in [0.15, 0.2) is 48.5 Å². The lowest BCUT2D eigenvalue weighted by Crippen LogP contribution is -2.34. The molecule has 0 spiro atoms. The van der Waals surface area contributed by atoms with Crippen molar-refractivity contribution in [2.24, 2.45) is 0 Å². The van der Waals surface area contributed by atoms with Gasteiger partial charge in [0.25, 0.3) is 0 Å². The molecule has 2 aromatic carbocycles. The Morgan fingerprint density at radius 1 is 1.10 bits per heavy atom. The molecule has 0 radical (unpaired) electrons. The quantitative estimate of drug-likeness (QED) is 0.500. The van der Waals surface area contributed by atoms with Gasteiger partial charge in [-0.2, -0.15) is 0 Å². The highest BCUT2D eigenvalue weighted by Gasteiger charge is 2.30. The molecular weight excluding hydrogens is 274 g/mol. The van der Waals surface area contributed by atoms with E-state index in [9.17, 15) is 5.11 Å². The number of rotatable bonds is 1. The molecule has 0 aliphatic carbocycles. The maximum atomic E-state index is 12.5. The highest BCUT2D eigenvalue weighted by atomic mass is 35.5. The Hall–Kier alpha value is -2.33. The minimum atomic E-state index is -0.0801. The molecule has 0 amide bonds. The SMILES string of the molecule is [O-]c1c2[n+](nn1-c1ccc(Cl)cc1)-c1ccccc1C2. The Morgan fingerprint density at radius 3 is 2.65 bits per heavy atom. The third-order valence-electron chi connectivity index (χ3n) is 3.52. The van der Waals surface area contributed by atoms with Crippen molar-refractivity contribution in [2.75, 3.05) is 0 Å². The summed E-state index contributed by atoms with van der Waals surface area (Å²) in [5.41, 5.74) is 3.53. The van der Waals surface area contributed by atoms with E-state index in [1.165, 1.54) is 4.68 Å². The first-order chi connectivity index (χ1) is 9.74. The summed E-state index contributed by atoms with van der Waals surface area (Å²) < 4.78 is 3.15. The van der Waals surface area contributed by atoms with Crippen molar-refractivity contribution >= 4 is 11.6 Å². The van der Waals surface area contributed by atoms with Gasteiger partial charge in [-0.15, -0.1) is 4.68 Å². The van der Waals surface area contributed by atoms with Gasteiger partial charge in [0.1, 0.15) is 11.1 Å². The van der Waals surface area contributed by atoms with Gasteiger partial charge in [-0.05, 0) is 30.3 Å². The number of hydrogen-bond acceptors (Lipinski definition) is 2. The normalized spacial score (nSPS) is 12.2. The third kappa shape index (κ3) is 1.55. The summed E-state index contributed by atoms with van der Waals surface area (Å²) in [6, 6.07) is 15.0. The molecule has 0 bridgehead atoms. The van der Waals surface area contributed by atoms with E-state index in [1.54, 1.807) is 28.9 Å². The summed E-state index contributed by atoms with van der Waals surface area (Å²) in [6.07, 6.45) is 0.628. The number of para-hydroxylation sites is 1. The first kappa shape index (κ1) is 11.5. The fraction of sp³-hybridized carbons (Fsp3) is 0.0667. The van der Waals surface area contributed by atoms with Crippen molar-refractivity contribution < 1.29 is 9.79 Å². The van der Waals surface area contributed by atoms with Crippen LogP contribution in [0.5, 0.6) is 5.88 Å². The van der Waals surface area contributed by atoms with E-state index in [-0.39, 0.29) is 5.88 Å². The summed E-state index contributed by atoms with van der Waals surface area (Å²) in [5.74, 6) is -0.0801. The van der Waals surface area contributed by atoms with Crippen LogP contribution in [0.4, 0.5) is 0 Å². The fourth-order valence-corrected chi connectivity index (χ4v) is 2.67. The van der Waals surface area contributed by atoms with Gasteiger partial charge in [0, 0.05) is 17.0 Å². The average molecular weight is 284 g/mol. The molecular formula is C15H10ClN3O. The van der Waals surface area contributed by atoms with E-state index < -0.39 is 0 Å². The van der Waals surface area contributed by atoms with Gasteiger partial charge in [-0.1, -0.05) is 34.5 Å². The maximum absolute atomic E-state index is 12.5. The van der Waals surface area contributed by atoms with Crippen molar-refractivity contribution in [1.82, 2.24) is 9.90 Å². The summed E-state index contributed by atoms with van der Waals surface area (Å²) in [7, 11) is 0. The Bertz CT molecular complexity index is 808. The van der Waals surface area contributed by atoms with Crippen LogP contribution in [0.3, 0.4) is 0 Å². The molecule has 1 aromatic heterocycles. The number of fused-ring (bicyclic) bond motifs is 3. The molecule has 5 heteroatoms. The van der Waals surface area contributed by atoms with Crippen molar-refractivity contribution in [3.8, 4) is 17.3 Å². The van der Waals surface area contributed by atoms with Gasteiger partial charge in [-0.25, -0.2) is 0 Å². The summed E-state index contributed by atoms with van der Waals surface area (Å²) >= 11 is 5.87. The zero-order valence-electron chi connectivity index (χ0n) is 10.5. The highest BCUT2D eigenvalue weighted by Crippen LogP contribution is 2.26. The lowest BCUT2D eigenvalue weighted by atomic mass is 10.1. The van der Waals surface area contributed by atoms with Crippen molar-refractivity contribution in [3.63, 3.8) is 0 Å².